The van der Waals surface area contributed by atoms with Gasteiger partial charge in [-0.05, 0) is 48.2 Å². The molecule has 0 spiro atoms. The van der Waals surface area contributed by atoms with Gasteiger partial charge in [-0.3, -0.25) is 4.79 Å². The second kappa shape index (κ2) is 9.88. The summed E-state index contributed by atoms with van der Waals surface area (Å²) in [5.41, 5.74) is 0.150. The number of anilines is 1. The quantitative estimate of drug-likeness (QED) is 0.538. The average molecular weight is 478 g/mol. The van der Waals surface area contributed by atoms with Gasteiger partial charge in [-0.15, -0.1) is 0 Å². The first-order chi connectivity index (χ1) is 14.3. The summed E-state index contributed by atoms with van der Waals surface area (Å²) in [6.07, 6.45) is -4.06. The van der Waals surface area contributed by atoms with E-state index in [1.54, 1.807) is 26.0 Å². The van der Waals surface area contributed by atoms with Gasteiger partial charge in [0.25, 0.3) is 0 Å². The highest BCUT2D eigenvalue weighted by atomic mass is 35.5. The van der Waals surface area contributed by atoms with Crippen molar-refractivity contribution in [2.24, 2.45) is 11.1 Å². The molecule has 170 valence electrons. The van der Waals surface area contributed by atoms with Crippen LogP contribution >= 0.6 is 11.6 Å². The summed E-state index contributed by atoms with van der Waals surface area (Å²) in [6, 6.07) is 8.16. The summed E-state index contributed by atoms with van der Waals surface area (Å²) < 4.78 is 61.0. The lowest BCUT2D eigenvalue weighted by Crippen LogP contribution is -2.43. The maximum Gasteiger partial charge on any atom is 0.416 e. The van der Waals surface area contributed by atoms with Gasteiger partial charge in [0, 0.05) is 6.54 Å². The molecule has 0 aliphatic rings. The van der Waals surface area contributed by atoms with Crippen molar-refractivity contribution in [2.45, 2.75) is 37.4 Å². The van der Waals surface area contributed by atoms with Gasteiger partial charge < -0.3 is 10.6 Å². The minimum atomic E-state index is -4.51. The van der Waals surface area contributed by atoms with Crippen molar-refractivity contribution in [1.29, 1.82) is 0 Å². The molecule has 0 heterocycles. The Balaban J connectivity index is 2.00. The van der Waals surface area contributed by atoms with E-state index >= 15 is 0 Å². The van der Waals surface area contributed by atoms with E-state index < -0.39 is 27.8 Å². The normalized spacial score (nSPS) is 13.2. The zero-order valence-electron chi connectivity index (χ0n) is 16.8. The molecule has 2 aromatic rings. The Kier molecular flexibility index (Phi) is 7.96. The lowest BCUT2D eigenvalue weighted by atomic mass is 10.0. The predicted octanol–water partition coefficient (Wildman–Crippen LogP) is 3.80. The number of carbonyl (C=O) groups is 1. The molecule has 1 amide bonds. The summed E-state index contributed by atoms with van der Waals surface area (Å²) in [7, 11) is -3.77. The molecule has 31 heavy (non-hydrogen) atoms. The number of carbonyl (C=O) groups excluding carboxylic acids is 1. The fourth-order valence-corrected chi connectivity index (χ4v) is 3.55. The lowest BCUT2D eigenvalue weighted by molar-refractivity contribution is -0.137. The highest BCUT2D eigenvalue weighted by Crippen LogP contribution is 2.34. The largest absolute Gasteiger partial charge is 0.416 e. The van der Waals surface area contributed by atoms with Crippen LogP contribution in [0.3, 0.4) is 0 Å². The van der Waals surface area contributed by atoms with Crippen LogP contribution in [0.15, 0.2) is 47.4 Å². The summed E-state index contributed by atoms with van der Waals surface area (Å²) in [5.74, 6) is -0.514. The number of primary sulfonamides is 1. The molecule has 0 aromatic heterocycles. The number of nitrogens with one attached hydrogen (secondary N) is 2. The second-order valence-electron chi connectivity index (χ2n) is 7.29. The van der Waals surface area contributed by atoms with Crippen molar-refractivity contribution in [3.8, 4) is 0 Å². The minimum absolute atomic E-state index is 0.00206. The third-order valence-corrected chi connectivity index (χ3v) is 5.76. The van der Waals surface area contributed by atoms with Gasteiger partial charge in [-0.2, -0.15) is 13.2 Å². The highest BCUT2D eigenvalue weighted by Gasteiger charge is 2.31. The van der Waals surface area contributed by atoms with Crippen LogP contribution in [0.2, 0.25) is 5.02 Å². The van der Waals surface area contributed by atoms with E-state index in [0.29, 0.717) is 6.42 Å². The molecular formula is C20H23ClF3N3O3S. The first-order valence-electron chi connectivity index (χ1n) is 9.32. The third-order valence-electron chi connectivity index (χ3n) is 4.52. The van der Waals surface area contributed by atoms with E-state index in [1.807, 2.05) is 0 Å². The highest BCUT2D eigenvalue weighted by molar-refractivity contribution is 7.89. The van der Waals surface area contributed by atoms with Crippen LogP contribution in [-0.4, -0.2) is 26.9 Å². The molecule has 4 N–H and O–H groups in total. The van der Waals surface area contributed by atoms with Crippen LogP contribution in [0, 0.1) is 5.92 Å². The number of benzene rings is 2. The number of hydrogen-bond donors (Lipinski definition) is 3. The Labute approximate surface area is 184 Å². The first kappa shape index (κ1) is 25.0. The van der Waals surface area contributed by atoms with Gasteiger partial charge in [0.05, 0.1) is 21.2 Å². The number of sulfonamides is 1. The van der Waals surface area contributed by atoms with Crippen molar-refractivity contribution in [1.82, 2.24) is 5.32 Å². The summed E-state index contributed by atoms with van der Waals surface area (Å²) in [5, 5.41) is 10.6. The molecule has 2 rings (SSSR count). The van der Waals surface area contributed by atoms with Gasteiger partial charge >= 0.3 is 6.18 Å². The van der Waals surface area contributed by atoms with E-state index in [0.717, 1.165) is 17.7 Å². The van der Waals surface area contributed by atoms with Gasteiger partial charge in [-0.1, -0.05) is 37.6 Å². The van der Waals surface area contributed by atoms with Crippen LogP contribution in [-0.2, 0) is 27.4 Å². The molecule has 2 aromatic carbocycles. The zero-order valence-corrected chi connectivity index (χ0v) is 18.4. The Morgan fingerprint density at radius 3 is 2.23 bits per heavy atom. The maximum absolute atomic E-state index is 12.8. The van der Waals surface area contributed by atoms with E-state index in [4.69, 9.17) is 16.7 Å². The number of halogens is 4. The van der Waals surface area contributed by atoms with Crippen LogP contribution in [0.4, 0.5) is 18.9 Å². The lowest BCUT2D eigenvalue weighted by Gasteiger charge is -2.23. The summed E-state index contributed by atoms with van der Waals surface area (Å²) in [6.45, 7) is 3.86. The topological polar surface area (TPSA) is 101 Å². The van der Waals surface area contributed by atoms with E-state index in [2.05, 4.69) is 10.6 Å². The Bertz CT molecular complexity index is 1030. The molecular weight excluding hydrogens is 455 g/mol. The average Bonchev–Trinajstić information content (AvgIpc) is 2.65. The van der Waals surface area contributed by atoms with Crippen molar-refractivity contribution in [2.75, 3.05) is 11.9 Å². The van der Waals surface area contributed by atoms with E-state index in [-0.39, 0.29) is 34.0 Å². The molecule has 0 saturated carbocycles. The third kappa shape index (κ3) is 7.12. The number of rotatable bonds is 8. The van der Waals surface area contributed by atoms with Crippen LogP contribution in [0.1, 0.15) is 25.0 Å². The molecule has 0 fully saturated rings. The fourth-order valence-electron chi connectivity index (χ4n) is 2.80. The van der Waals surface area contributed by atoms with Gasteiger partial charge in [0.15, 0.2) is 0 Å². The molecule has 0 bridgehead atoms. The molecule has 0 unspecified atom stereocenters. The first-order valence-corrected chi connectivity index (χ1v) is 11.2. The summed E-state index contributed by atoms with van der Waals surface area (Å²) >= 11 is 5.97. The summed E-state index contributed by atoms with van der Waals surface area (Å²) in [4.78, 5) is 12.6. The smallest absolute Gasteiger partial charge is 0.372 e. The van der Waals surface area contributed by atoms with Gasteiger partial charge in [-0.25, -0.2) is 13.6 Å². The molecule has 0 saturated heterocycles. The SMILES string of the molecule is CC(C)[C@H](Nc1ccc(C(F)(F)F)cc1Cl)C(=O)NCCc1ccc(S(N)(=O)=O)cc1. The van der Waals surface area contributed by atoms with Crippen LogP contribution < -0.4 is 15.8 Å². The van der Waals surface area contributed by atoms with Crippen LogP contribution in [0.5, 0.6) is 0 Å². The van der Waals surface area contributed by atoms with Crippen molar-refractivity contribution in [3.05, 3.63) is 58.6 Å². The van der Waals surface area contributed by atoms with Crippen LogP contribution in [0.25, 0.3) is 0 Å². The minimum Gasteiger partial charge on any atom is -0.372 e. The monoisotopic (exact) mass is 477 g/mol. The van der Waals surface area contributed by atoms with Gasteiger partial charge in [0.1, 0.15) is 6.04 Å². The standard InChI is InChI=1S/C20H23ClF3N3O3S/c1-12(2)18(27-17-8-5-14(11-16(17)21)20(22,23)24)19(28)26-10-9-13-3-6-15(7-4-13)31(25,29)30/h3-8,11-12,18,27H,9-10H2,1-2H3,(H,26,28)(H2,25,29,30)/t18-/m0/s1. The Morgan fingerprint density at radius 1 is 1.13 bits per heavy atom. The molecule has 11 heteroatoms. The second-order valence-corrected chi connectivity index (χ2v) is 9.26. The number of alkyl halides is 3. The molecule has 0 radical (unpaired) electrons. The van der Waals surface area contributed by atoms with Crippen molar-refractivity contribution >= 4 is 33.2 Å². The van der Waals surface area contributed by atoms with Gasteiger partial charge in [0.2, 0.25) is 15.9 Å². The number of amides is 1. The maximum atomic E-state index is 12.8. The van der Waals surface area contributed by atoms with E-state index in [9.17, 15) is 26.4 Å². The van der Waals surface area contributed by atoms with Crippen molar-refractivity contribution in [3.63, 3.8) is 0 Å². The Hall–Kier alpha value is -2.30. The molecule has 1 atom stereocenters. The number of hydrogen-bond acceptors (Lipinski definition) is 4. The van der Waals surface area contributed by atoms with E-state index in [1.165, 1.54) is 18.2 Å². The molecule has 6 nitrogen and oxygen atoms in total. The zero-order chi connectivity index (χ0) is 23.4. The predicted molar refractivity (Wildman–Crippen MR) is 113 cm³/mol. The molecule has 0 aliphatic heterocycles. The van der Waals surface area contributed by atoms with Crippen molar-refractivity contribution < 1.29 is 26.4 Å². The number of nitrogens with two attached hydrogens (primary N) is 1. The molecule has 0 aliphatic carbocycles. The Morgan fingerprint density at radius 2 is 1.74 bits per heavy atom. The fraction of sp³-hybridized carbons (Fsp3) is 0.350.